The van der Waals surface area contributed by atoms with Crippen molar-refractivity contribution in [3.8, 4) is 5.75 Å². The van der Waals surface area contributed by atoms with Gasteiger partial charge in [-0.1, -0.05) is 6.07 Å². The second-order valence-electron chi connectivity index (χ2n) is 6.99. The highest BCUT2D eigenvalue weighted by Crippen LogP contribution is 2.26. The first-order chi connectivity index (χ1) is 14.8. The molecule has 0 atom stereocenters. The number of pyridine rings is 1. The van der Waals surface area contributed by atoms with Crippen LogP contribution in [0.2, 0.25) is 0 Å². The van der Waals surface area contributed by atoms with Gasteiger partial charge in [0.25, 0.3) is 0 Å². The molecule has 0 spiro atoms. The molecular formula is C21H26N6O3S. The van der Waals surface area contributed by atoms with Crippen molar-refractivity contribution in [2.75, 3.05) is 30.8 Å². The Balaban J connectivity index is 1.52. The molecule has 0 saturated heterocycles. The molecule has 31 heavy (non-hydrogen) atoms. The van der Waals surface area contributed by atoms with E-state index in [1.54, 1.807) is 44.5 Å². The maximum absolute atomic E-state index is 12.6. The topological polar surface area (TPSA) is 118 Å². The molecule has 164 valence electrons. The molecule has 0 aliphatic rings. The number of ether oxygens (including phenoxy) is 1. The summed E-state index contributed by atoms with van der Waals surface area (Å²) < 4.78 is 33.1. The smallest absolute Gasteiger partial charge is 0.240 e. The lowest BCUT2D eigenvalue weighted by atomic mass is 10.1. The molecule has 3 aromatic rings. The maximum Gasteiger partial charge on any atom is 0.240 e. The van der Waals surface area contributed by atoms with E-state index in [2.05, 4.69) is 30.5 Å². The molecule has 0 amide bonds. The molecule has 0 aliphatic heterocycles. The van der Waals surface area contributed by atoms with Crippen molar-refractivity contribution in [1.82, 2.24) is 19.9 Å². The van der Waals surface area contributed by atoms with Gasteiger partial charge in [-0.05, 0) is 67.8 Å². The van der Waals surface area contributed by atoms with Crippen LogP contribution in [-0.2, 0) is 10.0 Å². The molecule has 9 nitrogen and oxygen atoms in total. The van der Waals surface area contributed by atoms with Gasteiger partial charge in [0, 0.05) is 19.3 Å². The minimum absolute atomic E-state index is 0.196. The van der Waals surface area contributed by atoms with Crippen molar-refractivity contribution in [3.05, 3.63) is 59.3 Å². The van der Waals surface area contributed by atoms with Gasteiger partial charge in [0.2, 0.25) is 10.0 Å². The van der Waals surface area contributed by atoms with Crippen molar-refractivity contribution < 1.29 is 13.2 Å². The summed E-state index contributed by atoms with van der Waals surface area (Å²) in [6.07, 6.45) is 1.77. The van der Waals surface area contributed by atoms with Crippen molar-refractivity contribution in [1.29, 1.82) is 0 Å². The van der Waals surface area contributed by atoms with Crippen molar-refractivity contribution in [2.45, 2.75) is 25.7 Å². The predicted octanol–water partition coefficient (Wildman–Crippen LogP) is 2.94. The van der Waals surface area contributed by atoms with Gasteiger partial charge in [0.1, 0.15) is 17.4 Å². The van der Waals surface area contributed by atoms with E-state index < -0.39 is 10.0 Å². The van der Waals surface area contributed by atoms with Crippen molar-refractivity contribution >= 4 is 27.5 Å². The van der Waals surface area contributed by atoms with Crippen LogP contribution in [0, 0.1) is 20.8 Å². The van der Waals surface area contributed by atoms with Crippen LogP contribution in [0.4, 0.5) is 17.5 Å². The fourth-order valence-corrected chi connectivity index (χ4v) is 4.23. The minimum atomic E-state index is -3.64. The van der Waals surface area contributed by atoms with E-state index in [9.17, 15) is 8.42 Å². The Labute approximate surface area is 182 Å². The quantitative estimate of drug-likeness (QED) is 0.433. The van der Waals surface area contributed by atoms with Crippen LogP contribution in [0.15, 0.2) is 47.5 Å². The number of nitrogens with one attached hydrogen (secondary N) is 3. The van der Waals surface area contributed by atoms with Gasteiger partial charge in [-0.15, -0.1) is 10.2 Å². The molecule has 3 rings (SSSR count). The summed E-state index contributed by atoms with van der Waals surface area (Å²) in [5, 5.41) is 14.3. The molecule has 0 bridgehead atoms. The Morgan fingerprint density at radius 2 is 1.58 bits per heavy atom. The average molecular weight is 443 g/mol. The number of benzene rings is 1. The van der Waals surface area contributed by atoms with Crippen LogP contribution in [0.1, 0.15) is 16.7 Å². The van der Waals surface area contributed by atoms with E-state index in [0.717, 1.165) is 11.1 Å². The molecule has 0 saturated carbocycles. The summed E-state index contributed by atoms with van der Waals surface area (Å²) in [4.78, 5) is 4.50. The Morgan fingerprint density at radius 3 is 2.23 bits per heavy atom. The van der Waals surface area contributed by atoms with Crippen LogP contribution in [-0.4, -0.2) is 43.8 Å². The summed E-state index contributed by atoms with van der Waals surface area (Å²) >= 11 is 0. The summed E-state index contributed by atoms with van der Waals surface area (Å²) in [5.74, 6) is 2.44. The second-order valence-corrected chi connectivity index (χ2v) is 8.73. The Kier molecular flexibility index (Phi) is 7.03. The zero-order valence-corrected chi connectivity index (χ0v) is 18.7. The third kappa shape index (κ3) is 5.68. The fourth-order valence-electron chi connectivity index (χ4n) is 2.90. The van der Waals surface area contributed by atoms with Crippen LogP contribution in [0.3, 0.4) is 0 Å². The van der Waals surface area contributed by atoms with Crippen molar-refractivity contribution in [3.63, 3.8) is 0 Å². The van der Waals surface area contributed by atoms with Gasteiger partial charge >= 0.3 is 0 Å². The Morgan fingerprint density at radius 1 is 0.871 bits per heavy atom. The number of sulfonamides is 1. The first kappa shape index (κ1) is 22.4. The number of hydrogen-bond acceptors (Lipinski definition) is 8. The molecule has 3 N–H and O–H groups in total. The standard InChI is InChI=1S/C21H26N6O3S/c1-14-5-8-19(23-13-14)25-21-10-9-20(26-27-21)22-11-12-24-31(28,29)18-7-6-17(30-4)15(2)16(18)3/h5-10,13,24H,11-12H2,1-4H3,(H,22,26)(H,23,25,27). The largest absolute Gasteiger partial charge is 0.496 e. The van der Waals surface area contributed by atoms with Gasteiger partial charge in [0.15, 0.2) is 5.82 Å². The lowest BCUT2D eigenvalue weighted by Gasteiger charge is -2.14. The molecule has 0 unspecified atom stereocenters. The third-order valence-corrected chi connectivity index (χ3v) is 6.36. The van der Waals surface area contributed by atoms with Gasteiger partial charge in [-0.3, -0.25) is 0 Å². The van der Waals surface area contributed by atoms with Crippen LogP contribution in [0.25, 0.3) is 0 Å². The number of anilines is 3. The zero-order valence-electron chi connectivity index (χ0n) is 17.9. The van der Waals surface area contributed by atoms with Crippen LogP contribution in [0.5, 0.6) is 5.75 Å². The van der Waals surface area contributed by atoms with E-state index in [1.807, 2.05) is 26.0 Å². The second kappa shape index (κ2) is 9.71. The molecule has 10 heteroatoms. The summed E-state index contributed by atoms with van der Waals surface area (Å²) in [6, 6.07) is 10.6. The van der Waals surface area contributed by atoms with E-state index in [-0.39, 0.29) is 11.4 Å². The highest BCUT2D eigenvalue weighted by Gasteiger charge is 2.19. The molecule has 1 aromatic carbocycles. The first-order valence-electron chi connectivity index (χ1n) is 9.71. The molecule has 0 aliphatic carbocycles. The van der Waals surface area contributed by atoms with Gasteiger partial charge in [-0.25, -0.2) is 18.1 Å². The fraction of sp³-hybridized carbons (Fsp3) is 0.286. The monoisotopic (exact) mass is 442 g/mol. The molecule has 2 aromatic heterocycles. The highest BCUT2D eigenvalue weighted by atomic mass is 32.2. The summed E-state index contributed by atoms with van der Waals surface area (Å²) in [6.45, 7) is 6.12. The van der Waals surface area contributed by atoms with E-state index in [1.165, 1.54) is 0 Å². The highest BCUT2D eigenvalue weighted by molar-refractivity contribution is 7.89. The van der Waals surface area contributed by atoms with Gasteiger partial charge in [-0.2, -0.15) is 0 Å². The Hall–Kier alpha value is -3.24. The number of rotatable bonds is 9. The summed E-state index contributed by atoms with van der Waals surface area (Å²) in [5.41, 5.74) is 2.54. The normalized spacial score (nSPS) is 11.2. The summed E-state index contributed by atoms with van der Waals surface area (Å²) in [7, 11) is -2.08. The third-order valence-electron chi connectivity index (χ3n) is 4.75. The molecular weight excluding hydrogens is 416 g/mol. The molecule has 0 fully saturated rings. The van der Waals surface area contributed by atoms with Crippen molar-refractivity contribution in [2.24, 2.45) is 0 Å². The van der Waals surface area contributed by atoms with E-state index >= 15 is 0 Å². The number of hydrogen-bond donors (Lipinski definition) is 3. The SMILES string of the molecule is COc1ccc(S(=O)(=O)NCCNc2ccc(Nc3ccc(C)cn3)nn2)c(C)c1C. The van der Waals surface area contributed by atoms with E-state index in [0.29, 0.717) is 35.3 Å². The number of methoxy groups -OCH3 is 1. The van der Waals surface area contributed by atoms with E-state index in [4.69, 9.17) is 4.74 Å². The van der Waals surface area contributed by atoms with Crippen LogP contribution < -0.4 is 20.1 Å². The number of aryl methyl sites for hydroxylation is 1. The minimum Gasteiger partial charge on any atom is -0.496 e. The lowest BCUT2D eigenvalue weighted by Crippen LogP contribution is -2.29. The maximum atomic E-state index is 12.6. The number of aromatic nitrogens is 3. The average Bonchev–Trinajstić information content (AvgIpc) is 2.75. The zero-order chi connectivity index (χ0) is 22.4. The Bertz CT molecular complexity index is 1130. The molecule has 2 heterocycles. The van der Waals surface area contributed by atoms with Crippen LogP contribution >= 0.6 is 0 Å². The molecule has 0 radical (unpaired) electrons. The van der Waals surface area contributed by atoms with Gasteiger partial charge in [0.05, 0.1) is 12.0 Å². The predicted molar refractivity (Wildman–Crippen MR) is 120 cm³/mol. The van der Waals surface area contributed by atoms with Gasteiger partial charge < -0.3 is 15.4 Å². The number of nitrogens with zero attached hydrogens (tertiary/aromatic N) is 3. The lowest BCUT2D eigenvalue weighted by molar-refractivity contribution is 0.410. The first-order valence-corrected chi connectivity index (χ1v) is 11.2.